The van der Waals surface area contributed by atoms with Crippen LogP contribution in [0.3, 0.4) is 0 Å². The van der Waals surface area contributed by atoms with E-state index in [-0.39, 0.29) is 17.6 Å². The second kappa shape index (κ2) is 9.20. The Morgan fingerprint density at radius 3 is 2.84 bits per heavy atom. The van der Waals surface area contributed by atoms with E-state index in [1.165, 1.54) is 13.2 Å². The second-order valence-corrected chi connectivity index (χ2v) is 7.46. The minimum Gasteiger partial charge on any atom is -0.504 e. The summed E-state index contributed by atoms with van der Waals surface area (Å²) in [5.41, 5.74) is 3.23. The van der Waals surface area contributed by atoms with Crippen molar-refractivity contribution >= 4 is 34.8 Å². The number of phenols is 1. The molecule has 4 rings (SSSR count). The molecule has 3 N–H and O–H groups in total. The highest BCUT2D eigenvalue weighted by Crippen LogP contribution is 2.36. The number of nitrogens with one attached hydrogen (secondary N) is 2. The summed E-state index contributed by atoms with van der Waals surface area (Å²) in [5.74, 6) is 0.0626. The van der Waals surface area contributed by atoms with Crippen molar-refractivity contribution in [1.29, 1.82) is 0 Å². The molecule has 31 heavy (non-hydrogen) atoms. The van der Waals surface area contributed by atoms with Gasteiger partial charge in [-0.25, -0.2) is 0 Å². The third kappa shape index (κ3) is 4.87. The van der Waals surface area contributed by atoms with Crippen LogP contribution in [0.1, 0.15) is 17.5 Å². The van der Waals surface area contributed by atoms with Crippen LogP contribution in [0.25, 0.3) is 11.6 Å². The van der Waals surface area contributed by atoms with Crippen LogP contribution in [-0.4, -0.2) is 61.8 Å². The minimum atomic E-state index is -0.224. The number of aromatic hydroxyl groups is 1. The van der Waals surface area contributed by atoms with Crippen LogP contribution in [0.2, 0.25) is 0 Å². The number of amides is 2. The molecule has 2 aliphatic rings. The number of methoxy groups -OCH3 is 1. The quantitative estimate of drug-likeness (QED) is 0.618. The molecule has 1 fully saturated rings. The highest BCUT2D eigenvalue weighted by molar-refractivity contribution is 6.35. The highest BCUT2D eigenvalue weighted by atomic mass is 16.5. The lowest BCUT2D eigenvalue weighted by Gasteiger charge is -2.26. The van der Waals surface area contributed by atoms with Gasteiger partial charge < -0.3 is 25.2 Å². The topological polar surface area (TPSA) is 100 Å². The van der Waals surface area contributed by atoms with E-state index in [1.54, 1.807) is 36.4 Å². The summed E-state index contributed by atoms with van der Waals surface area (Å²) >= 11 is 0. The smallest absolute Gasteiger partial charge is 0.256 e. The second-order valence-electron chi connectivity index (χ2n) is 7.46. The summed E-state index contributed by atoms with van der Waals surface area (Å²) in [6.45, 7) is 3.78. The van der Waals surface area contributed by atoms with E-state index in [2.05, 4.69) is 15.5 Å². The first-order valence-corrected chi connectivity index (χ1v) is 10.2. The monoisotopic (exact) mass is 423 g/mol. The molecule has 2 aliphatic heterocycles. The van der Waals surface area contributed by atoms with Gasteiger partial charge in [-0.2, -0.15) is 0 Å². The molecule has 0 saturated carbocycles. The largest absolute Gasteiger partial charge is 0.504 e. The fourth-order valence-electron chi connectivity index (χ4n) is 3.67. The SMILES string of the molecule is COc1cc(/C=C2/C(=O)Nc3ccc(NC(=O)CCN4CCOCC4)cc32)ccc1O. The standard InChI is InChI=1S/C23H25N3O5/c1-30-21-13-15(2-5-20(21)27)12-18-17-14-16(3-4-19(17)25-23(18)29)24-22(28)6-7-26-8-10-31-11-9-26/h2-5,12-14,27H,6-11H2,1H3,(H,24,28)(H,25,29)/b18-12+. The number of carbonyl (C=O) groups is 2. The molecule has 162 valence electrons. The molecule has 8 nitrogen and oxygen atoms in total. The Morgan fingerprint density at radius 2 is 2.06 bits per heavy atom. The van der Waals surface area contributed by atoms with Crippen molar-refractivity contribution < 1.29 is 24.2 Å². The van der Waals surface area contributed by atoms with Gasteiger partial charge in [-0.15, -0.1) is 0 Å². The number of hydrogen-bond donors (Lipinski definition) is 3. The molecule has 0 radical (unpaired) electrons. The van der Waals surface area contributed by atoms with Crippen molar-refractivity contribution in [2.24, 2.45) is 0 Å². The van der Waals surface area contributed by atoms with E-state index in [4.69, 9.17) is 9.47 Å². The average Bonchev–Trinajstić information content (AvgIpc) is 3.09. The lowest BCUT2D eigenvalue weighted by Crippen LogP contribution is -2.38. The fraction of sp³-hybridized carbons (Fsp3) is 0.304. The Hall–Kier alpha value is -3.36. The molecule has 2 heterocycles. The zero-order chi connectivity index (χ0) is 21.8. The zero-order valence-electron chi connectivity index (χ0n) is 17.3. The molecule has 0 unspecified atom stereocenters. The number of rotatable bonds is 6. The number of benzene rings is 2. The van der Waals surface area contributed by atoms with Gasteiger partial charge in [0, 0.05) is 48.6 Å². The highest BCUT2D eigenvalue weighted by Gasteiger charge is 2.25. The predicted molar refractivity (Wildman–Crippen MR) is 118 cm³/mol. The summed E-state index contributed by atoms with van der Waals surface area (Å²) in [6.07, 6.45) is 2.12. The molecular weight excluding hydrogens is 398 g/mol. The molecule has 2 aromatic rings. The van der Waals surface area contributed by atoms with Gasteiger partial charge in [-0.3, -0.25) is 14.5 Å². The lowest BCUT2D eigenvalue weighted by molar-refractivity contribution is -0.116. The van der Waals surface area contributed by atoms with E-state index in [9.17, 15) is 14.7 Å². The molecular formula is C23H25N3O5. The minimum absolute atomic E-state index is 0.0306. The van der Waals surface area contributed by atoms with Gasteiger partial charge in [0.15, 0.2) is 11.5 Å². The van der Waals surface area contributed by atoms with Crippen LogP contribution in [-0.2, 0) is 14.3 Å². The summed E-state index contributed by atoms with van der Waals surface area (Å²) in [5, 5.41) is 15.5. The first-order chi connectivity index (χ1) is 15.0. The number of carbonyl (C=O) groups excluding carboxylic acids is 2. The Morgan fingerprint density at radius 1 is 1.26 bits per heavy atom. The molecule has 0 bridgehead atoms. The zero-order valence-corrected chi connectivity index (χ0v) is 17.3. The van der Waals surface area contributed by atoms with Gasteiger partial charge in [-0.05, 0) is 42.0 Å². The number of ether oxygens (including phenoxy) is 2. The van der Waals surface area contributed by atoms with Gasteiger partial charge >= 0.3 is 0 Å². The lowest BCUT2D eigenvalue weighted by atomic mass is 10.0. The predicted octanol–water partition coefficient (Wildman–Crippen LogP) is 2.55. The Labute approximate surface area is 180 Å². The van der Waals surface area contributed by atoms with Crippen LogP contribution in [0.15, 0.2) is 36.4 Å². The average molecular weight is 423 g/mol. The summed E-state index contributed by atoms with van der Waals surface area (Å²) < 4.78 is 10.5. The van der Waals surface area contributed by atoms with Gasteiger partial charge in [0.2, 0.25) is 5.91 Å². The first kappa shape index (κ1) is 20.9. The van der Waals surface area contributed by atoms with E-state index in [1.807, 2.05) is 0 Å². The summed E-state index contributed by atoms with van der Waals surface area (Å²) in [4.78, 5) is 27.1. The number of morpholine rings is 1. The Bertz CT molecular complexity index is 1030. The van der Waals surface area contributed by atoms with Crippen LogP contribution in [0.4, 0.5) is 11.4 Å². The first-order valence-electron chi connectivity index (χ1n) is 10.2. The third-order valence-electron chi connectivity index (χ3n) is 5.36. The van der Waals surface area contributed by atoms with Crippen LogP contribution < -0.4 is 15.4 Å². The molecule has 2 amide bonds. The number of nitrogens with zero attached hydrogens (tertiary/aromatic N) is 1. The van der Waals surface area contributed by atoms with Crippen molar-refractivity contribution in [3.8, 4) is 11.5 Å². The van der Waals surface area contributed by atoms with E-state index < -0.39 is 0 Å². The van der Waals surface area contributed by atoms with Gasteiger partial charge in [0.1, 0.15) is 0 Å². The van der Waals surface area contributed by atoms with Gasteiger partial charge in [-0.1, -0.05) is 6.07 Å². The number of phenolic OH excluding ortho intramolecular Hbond substituents is 1. The molecule has 8 heteroatoms. The van der Waals surface area contributed by atoms with Crippen LogP contribution in [0.5, 0.6) is 11.5 Å². The molecule has 2 aromatic carbocycles. The van der Waals surface area contributed by atoms with Crippen LogP contribution in [0, 0.1) is 0 Å². The molecule has 0 aliphatic carbocycles. The molecule has 0 aromatic heterocycles. The van der Waals surface area contributed by atoms with Crippen molar-refractivity contribution in [2.45, 2.75) is 6.42 Å². The van der Waals surface area contributed by atoms with Crippen molar-refractivity contribution in [3.63, 3.8) is 0 Å². The van der Waals surface area contributed by atoms with Gasteiger partial charge in [0.05, 0.1) is 20.3 Å². The Kier molecular flexibility index (Phi) is 6.20. The van der Waals surface area contributed by atoms with Crippen molar-refractivity contribution in [1.82, 2.24) is 4.90 Å². The summed E-state index contributed by atoms with van der Waals surface area (Å²) in [7, 11) is 1.47. The summed E-state index contributed by atoms with van der Waals surface area (Å²) in [6, 6.07) is 10.2. The maximum Gasteiger partial charge on any atom is 0.256 e. The third-order valence-corrected chi connectivity index (χ3v) is 5.36. The number of hydrogen-bond acceptors (Lipinski definition) is 6. The number of fused-ring (bicyclic) bond motifs is 1. The van der Waals surface area contributed by atoms with E-state index in [0.29, 0.717) is 60.0 Å². The van der Waals surface area contributed by atoms with E-state index in [0.717, 1.165) is 13.1 Å². The maximum atomic E-state index is 12.5. The van der Waals surface area contributed by atoms with Crippen LogP contribution >= 0.6 is 0 Å². The normalized spacial score (nSPS) is 17.3. The van der Waals surface area contributed by atoms with Crippen molar-refractivity contribution in [3.05, 3.63) is 47.5 Å². The molecule has 1 saturated heterocycles. The fourth-order valence-corrected chi connectivity index (χ4v) is 3.67. The van der Waals surface area contributed by atoms with Gasteiger partial charge in [0.25, 0.3) is 5.91 Å². The maximum absolute atomic E-state index is 12.5. The molecule has 0 spiro atoms. The number of anilines is 2. The molecule has 0 atom stereocenters. The van der Waals surface area contributed by atoms with E-state index >= 15 is 0 Å². The van der Waals surface area contributed by atoms with Crippen molar-refractivity contribution in [2.75, 3.05) is 50.6 Å². The Balaban J connectivity index is 1.49.